The number of aliphatic hydroxyl groups is 1. The molecule has 0 fully saturated rings. The molecule has 0 bridgehead atoms. The van der Waals surface area contributed by atoms with Gasteiger partial charge >= 0.3 is 0 Å². The number of carbonyl (C=O) groups excluding carboxylic acids is 1. The minimum absolute atomic E-state index is 0.125. The van der Waals surface area contributed by atoms with E-state index in [0.29, 0.717) is 17.9 Å². The molecule has 0 aliphatic rings. The third-order valence-electron chi connectivity index (χ3n) is 3.35. The molecule has 0 aliphatic heterocycles. The van der Waals surface area contributed by atoms with Crippen LogP contribution in [0.3, 0.4) is 0 Å². The average molecular weight is 328 g/mol. The SMILES string of the molecule is COc1ccccc1CN(CCO)C(=O)C=Cc1cnc(N)nc1. The predicted molar refractivity (Wildman–Crippen MR) is 91.0 cm³/mol. The number of aromatic nitrogens is 2. The van der Waals surface area contributed by atoms with E-state index in [9.17, 15) is 9.90 Å². The molecule has 0 atom stereocenters. The van der Waals surface area contributed by atoms with Gasteiger partial charge in [0.1, 0.15) is 5.75 Å². The van der Waals surface area contributed by atoms with E-state index in [4.69, 9.17) is 10.5 Å². The van der Waals surface area contributed by atoms with Crippen LogP contribution in [0, 0.1) is 0 Å². The summed E-state index contributed by atoms with van der Waals surface area (Å²) in [6.07, 6.45) is 6.08. The van der Waals surface area contributed by atoms with E-state index in [0.717, 1.165) is 5.56 Å². The molecule has 0 spiro atoms. The second-order valence-electron chi connectivity index (χ2n) is 5.00. The van der Waals surface area contributed by atoms with E-state index < -0.39 is 0 Å². The number of amides is 1. The number of rotatable bonds is 7. The maximum Gasteiger partial charge on any atom is 0.246 e. The van der Waals surface area contributed by atoms with Crippen molar-refractivity contribution in [3.05, 3.63) is 53.9 Å². The zero-order valence-corrected chi connectivity index (χ0v) is 13.4. The van der Waals surface area contributed by atoms with E-state index in [-0.39, 0.29) is 25.0 Å². The van der Waals surface area contributed by atoms with E-state index in [2.05, 4.69) is 9.97 Å². The monoisotopic (exact) mass is 328 g/mol. The number of methoxy groups -OCH3 is 1. The molecule has 0 unspecified atom stereocenters. The van der Waals surface area contributed by atoms with Gasteiger partial charge in [-0.3, -0.25) is 4.79 Å². The zero-order chi connectivity index (χ0) is 17.4. The number of nitrogens with zero attached hydrogens (tertiary/aromatic N) is 3. The number of aliphatic hydroxyl groups excluding tert-OH is 1. The minimum atomic E-state index is -0.230. The first-order valence-corrected chi connectivity index (χ1v) is 7.41. The van der Waals surface area contributed by atoms with Crippen molar-refractivity contribution in [3.8, 4) is 5.75 Å². The second kappa shape index (κ2) is 8.64. The number of nitrogen functional groups attached to an aromatic ring is 1. The summed E-state index contributed by atoms with van der Waals surface area (Å²) in [5.74, 6) is 0.646. The van der Waals surface area contributed by atoms with Crippen molar-refractivity contribution in [1.82, 2.24) is 14.9 Å². The van der Waals surface area contributed by atoms with Crippen LogP contribution in [0.1, 0.15) is 11.1 Å². The van der Waals surface area contributed by atoms with Gasteiger partial charge in [-0.25, -0.2) is 9.97 Å². The first kappa shape index (κ1) is 17.4. The highest BCUT2D eigenvalue weighted by Gasteiger charge is 2.13. The van der Waals surface area contributed by atoms with Gasteiger partial charge in [0.2, 0.25) is 11.9 Å². The Morgan fingerprint density at radius 2 is 2.04 bits per heavy atom. The first-order valence-electron chi connectivity index (χ1n) is 7.41. The molecule has 0 saturated carbocycles. The normalized spacial score (nSPS) is 10.8. The maximum atomic E-state index is 12.4. The van der Waals surface area contributed by atoms with Gasteiger partial charge in [-0.2, -0.15) is 0 Å². The summed E-state index contributed by atoms with van der Waals surface area (Å²) in [6.45, 7) is 0.436. The van der Waals surface area contributed by atoms with Gasteiger partial charge in [0.25, 0.3) is 0 Å². The molecule has 126 valence electrons. The van der Waals surface area contributed by atoms with Crippen molar-refractivity contribution in [2.45, 2.75) is 6.54 Å². The Balaban J connectivity index is 2.11. The van der Waals surface area contributed by atoms with Crippen molar-refractivity contribution < 1.29 is 14.6 Å². The fourth-order valence-electron chi connectivity index (χ4n) is 2.13. The first-order chi connectivity index (χ1) is 11.6. The van der Waals surface area contributed by atoms with Crippen LogP contribution in [0.5, 0.6) is 5.75 Å². The number of hydrogen-bond donors (Lipinski definition) is 2. The standard InChI is InChI=1S/C17H20N4O3/c1-24-15-5-3-2-4-14(15)12-21(8-9-22)16(23)7-6-13-10-19-17(18)20-11-13/h2-7,10-11,22H,8-9,12H2,1H3,(H2,18,19,20). The fourth-order valence-corrected chi connectivity index (χ4v) is 2.13. The maximum absolute atomic E-state index is 12.4. The van der Waals surface area contributed by atoms with E-state index in [1.54, 1.807) is 13.2 Å². The molecule has 1 aromatic carbocycles. The summed E-state index contributed by atoms with van der Waals surface area (Å²) in [5.41, 5.74) is 6.95. The Kier molecular flexibility index (Phi) is 6.27. The van der Waals surface area contributed by atoms with Gasteiger partial charge in [0.15, 0.2) is 0 Å². The van der Waals surface area contributed by atoms with Crippen LogP contribution in [0.15, 0.2) is 42.7 Å². The van der Waals surface area contributed by atoms with Crippen LogP contribution < -0.4 is 10.5 Å². The number of ether oxygens (including phenoxy) is 1. The van der Waals surface area contributed by atoms with E-state index >= 15 is 0 Å². The zero-order valence-electron chi connectivity index (χ0n) is 13.4. The topological polar surface area (TPSA) is 102 Å². The summed E-state index contributed by atoms with van der Waals surface area (Å²) < 4.78 is 5.30. The Labute approximate surface area is 140 Å². The number of benzene rings is 1. The molecule has 0 aliphatic carbocycles. The molecular weight excluding hydrogens is 308 g/mol. The summed E-state index contributed by atoms with van der Waals surface area (Å²) in [7, 11) is 1.58. The molecule has 1 heterocycles. The quantitative estimate of drug-likeness (QED) is 0.738. The van der Waals surface area contributed by atoms with E-state index in [1.807, 2.05) is 24.3 Å². The Morgan fingerprint density at radius 3 is 2.71 bits per heavy atom. The summed E-state index contributed by atoms with van der Waals surface area (Å²) in [5, 5.41) is 9.22. The van der Waals surface area contributed by atoms with E-state index in [1.165, 1.54) is 23.4 Å². The third-order valence-corrected chi connectivity index (χ3v) is 3.35. The Morgan fingerprint density at radius 1 is 1.33 bits per heavy atom. The van der Waals surface area contributed by atoms with Crippen LogP contribution in [0.25, 0.3) is 6.08 Å². The number of para-hydroxylation sites is 1. The molecule has 7 heteroatoms. The van der Waals surface area contributed by atoms with Crippen LogP contribution in [0.4, 0.5) is 5.95 Å². The molecule has 7 nitrogen and oxygen atoms in total. The molecule has 2 aromatic rings. The Bertz CT molecular complexity index is 701. The van der Waals surface area contributed by atoms with Crippen molar-refractivity contribution in [2.75, 3.05) is 26.0 Å². The Hall–Kier alpha value is -2.93. The molecule has 0 radical (unpaired) electrons. The number of nitrogens with two attached hydrogens (primary N) is 1. The second-order valence-corrected chi connectivity index (χ2v) is 5.00. The van der Waals surface area contributed by atoms with Gasteiger partial charge in [-0.15, -0.1) is 0 Å². The van der Waals surface area contributed by atoms with Gasteiger partial charge in [0.05, 0.1) is 13.7 Å². The summed E-state index contributed by atoms with van der Waals surface area (Å²) in [6, 6.07) is 7.45. The van der Waals surface area contributed by atoms with Gasteiger partial charge < -0.3 is 20.5 Å². The summed E-state index contributed by atoms with van der Waals surface area (Å²) in [4.78, 5) is 21.7. The van der Waals surface area contributed by atoms with Crippen LogP contribution >= 0.6 is 0 Å². The predicted octanol–water partition coefficient (Wildman–Crippen LogP) is 1.10. The summed E-state index contributed by atoms with van der Waals surface area (Å²) >= 11 is 0. The van der Waals surface area contributed by atoms with Gasteiger partial charge in [0, 0.05) is 42.7 Å². The number of hydrogen-bond acceptors (Lipinski definition) is 6. The largest absolute Gasteiger partial charge is 0.496 e. The molecular formula is C17H20N4O3. The smallest absolute Gasteiger partial charge is 0.246 e. The number of anilines is 1. The number of carbonyl (C=O) groups is 1. The molecule has 24 heavy (non-hydrogen) atoms. The molecule has 3 N–H and O–H groups in total. The lowest BCUT2D eigenvalue weighted by Crippen LogP contribution is -2.31. The van der Waals surface area contributed by atoms with Crippen LogP contribution in [0.2, 0.25) is 0 Å². The lowest BCUT2D eigenvalue weighted by atomic mass is 10.2. The molecule has 1 amide bonds. The molecule has 0 saturated heterocycles. The highest BCUT2D eigenvalue weighted by molar-refractivity contribution is 5.91. The van der Waals surface area contributed by atoms with Gasteiger partial charge in [-0.1, -0.05) is 18.2 Å². The van der Waals surface area contributed by atoms with Crippen LogP contribution in [-0.4, -0.2) is 46.1 Å². The van der Waals surface area contributed by atoms with Crippen molar-refractivity contribution in [2.24, 2.45) is 0 Å². The highest BCUT2D eigenvalue weighted by atomic mass is 16.5. The van der Waals surface area contributed by atoms with Gasteiger partial charge in [-0.05, 0) is 12.1 Å². The van der Waals surface area contributed by atoms with Crippen molar-refractivity contribution in [3.63, 3.8) is 0 Å². The average Bonchev–Trinajstić information content (AvgIpc) is 2.61. The van der Waals surface area contributed by atoms with Crippen molar-refractivity contribution >= 4 is 17.9 Å². The minimum Gasteiger partial charge on any atom is -0.496 e. The van der Waals surface area contributed by atoms with Crippen molar-refractivity contribution in [1.29, 1.82) is 0 Å². The lowest BCUT2D eigenvalue weighted by Gasteiger charge is -2.21. The molecule has 2 rings (SSSR count). The molecule has 1 aromatic heterocycles. The fraction of sp³-hybridized carbons (Fsp3) is 0.235. The van der Waals surface area contributed by atoms with Crippen LogP contribution in [-0.2, 0) is 11.3 Å². The highest BCUT2D eigenvalue weighted by Crippen LogP contribution is 2.19. The lowest BCUT2D eigenvalue weighted by molar-refractivity contribution is -0.127. The third kappa shape index (κ3) is 4.79.